The number of fused-ring (bicyclic) bond motifs is 2. The van der Waals surface area contributed by atoms with Crippen molar-refractivity contribution < 1.29 is 6.22 Å². The summed E-state index contributed by atoms with van der Waals surface area (Å²) in [4.78, 5) is 18.3. The van der Waals surface area contributed by atoms with Crippen molar-refractivity contribution in [2.75, 3.05) is 16.8 Å². The first-order valence-electron chi connectivity index (χ1n) is 7.29. The highest BCUT2D eigenvalue weighted by Gasteiger charge is 2.25. The van der Waals surface area contributed by atoms with E-state index in [2.05, 4.69) is 33.1 Å². The van der Waals surface area contributed by atoms with Gasteiger partial charge in [0.2, 0.25) is 0 Å². The zero-order chi connectivity index (χ0) is 15.1. The number of benzene rings is 1. The van der Waals surface area contributed by atoms with Gasteiger partial charge in [0, 0.05) is 44.0 Å². The smallest absolute Gasteiger partial charge is 0.326 e. The van der Waals surface area contributed by atoms with Gasteiger partial charge in [-0.15, -0.1) is 12.4 Å². The zero-order valence-electron chi connectivity index (χ0n) is 12.7. The summed E-state index contributed by atoms with van der Waals surface area (Å²) >= 11 is 0. The van der Waals surface area contributed by atoms with Crippen LogP contribution >= 0.6 is 12.4 Å². The van der Waals surface area contributed by atoms with Crippen molar-refractivity contribution in [3.63, 3.8) is 0 Å². The molecule has 0 fully saturated rings. The van der Waals surface area contributed by atoms with E-state index in [1.54, 1.807) is 23.4 Å². The van der Waals surface area contributed by atoms with Crippen molar-refractivity contribution in [3.05, 3.63) is 54.5 Å². The summed E-state index contributed by atoms with van der Waals surface area (Å²) in [5.41, 5.74) is 4.13. The van der Waals surface area contributed by atoms with E-state index < -0.39 is 0 Å². The van der Waals surface area contributed by atoms with Crippen LogP contribution in [0.3, 0.4) is 0 Å². The minimum atomic E-state index is -0.109. The predicted molar refractivity (Wildman–Crippen MR) is 96.6 cm³/mol. The van der Waals surface area contributed by atoms with E-state index in [-0.39, 0.29) is 19.9 Å². The van der Waals surface area contributed by atoms with Gasteiger partial charge in [0.25, 0.3) is 0 Å². The van der Waals surface area contributed by atoms with Gasteiger partial charge in [-0.2, -0.15) is 0 Å². The number of aromatic nitrogens is 2. The number of hydrogen-bond acceptors (Lipinski definition) is 2. The second kappa shape index (κ2) is 5.93. The van der Waals surface area contributed by atoms with Crippen LogP contribution in [0.15, 0.2) is 48.9 Å². The Hall–Kier alpha value is -2.53. The summed E-state index contributed by atoms with van der Waals surface area (Å²) in [5.74, 6) is 0. The predicted octanol–water partition coefficient (Wildman–Crippen LogP) is 3.84. The summed E-state index contributed by atoms with van der Waals surface area (Å²) < 4.78 is 2.11. The fourth-order valence-electron chi connectivity index (χ4n) is 2.99. The molecule has 3 aromatic rings. The lowest BCUT2D eigenvalue weighted by atomic mass is 10.1. The Morgan fingerprint density at radius 2 is 2.22 bits per heavy atom. The van der Waals surface area contributed by atoms with E-state index in [1.807, 2.05) is 19.3 Å². The highest BCUT2D eigenvalue weighted by Crippen LogP contribution is 2.33. The van der Waals surface area contributed by atoms with Gasteiger partial charge in [-0.05, 0) is 42.3 Å². The standard InChI is InChI=1S/C17H16N4O.ClH.H2/c1-20-7-4-12-10-16-13(9-15(12)20)5-8-21(16)17(22)19-14-3-2-6-18-11-14;;/h2-4,6-7,9-11H,5,8H2,1H3,(H,19,22);2*1H. The number of amides is 2. The van der Waals surface area contributed by atoms with Crippen LogP contribution in [0.25, 0.3) is 10.9 Å². The van der Waals surface area contributed by atoms with Crippen LogP contribution in [-0.4, -0.2) is 22.1 Å². The molecule has 0 bridgehead atoms. The molecule has 1 aliphatic rings. The number of aryl methyl sites for hydroxylation is 1. The Labute approximate surface area is 141 Å². The van der Waals surface area contributed by atoms with Gasteiger partial charge in [-0.3, -0.25) is 9.88 Å². The molecule has 2 amide bonds. The molecular formula is C17H19ClN4O. The highest BCUT2D eigenvalue weighted by atomic mass is 35.5. The molecule has 1 N–H and O–H groups in total. The van der Waals surface area contributed by atoms with Gasteiger partial charge in [-0.1, -0.05) is 0 Å². The van der Waals surface area contributed by atoms with Crippen molar-refractivity contribution in [2.45, 2.75) is 6.42 Å². The van der Waals surface area contributed by atoms with Crippen LogP contribution in [0.4, 0.5) is 16.2 Å². The molecule has 2 aromatic heterocycles. The van der Waals surface area contributed by atoms with Crippen molar-refractivity contribution >= 4 is 40.7 Å². The molecule has 1 aromatic carbocycles. The quantitative estimate of drug-likeness (QED) is 0.737. The van der Waals surface area contributed by atoms with Gasteiger partial charge < -0.3 is 9.88 Å². The lowest BCUT2D eigenvalue weighted by molar-refractivity contribution is 0.257. The normalized spacial score (nSPS) is 12.8. The monoisotopic (exact) mass is 330 g/mol. The minimum absolute atomic E-state index is 0. The summed E-state index contributed by atoms with van der Waals surface area (Å²) in [7, 11) is 2.04. The van der Waals surface area contributed by atoms with E-state index in [9.17, 15) is 4.79 Å². The van der Waals surface area contributed by atoms with E-state index in [0.717, 1.165) is 17.5 Å². The van der Waals surface area contributed by atoms with Crippen molar-refractivity contribution in [3.8, 4) is 0 Å². The van der Waals surface area contributed by atoms with E-state index in [1.165, 1.54) is 11.1 Å². The zero-order valence-corrected chi connectivity index (χ0v) is 13.5. The first-order valence-corrected chi connectivity index (χ1v) is 7.29. The molecule has 23 heavy (non-hydrogen) atoms. The van der Waals surface area contributed by atoms with Crippen LogP contribution in [0.5, 0.6) is 0 Å². The fourth-order valence-corrected chi connectivity index (χ4v) is 2.99. The first kappa shape index (κ1) is 15.4. The molecule has 0 spiro atoms. The van der Waals surface area contributed by atoms with Crippen LogP contribution < -0.4 is 10.2 Å². The summed E-state index contributed by atoms with van der Waals surface area (Å²) in [5, 5.41) is 4.05. The molecule has 0 saturated heterocycles. The maximum atomic E-state index is 12.5. The number of pyridine rings is 1. The highest BCUT2D eigenvalue weighted by molar-refractivity contribution is 6.04. The average Bonchev–Trinajstić information content (AvgIpc) is 3.10. The fraction of sp³-hybridized carbons (Fsp3) is 0.176. The van der Waals surface area contributed by atoms with Crippen molar-refractivity contribution in [1.82, 2.24) is 9.55 Å². The average molecular weight is 331 g/mol. The Morgan fingerprint density at radius 3 is 3.00 bits per heavy atom. The number of carbonyl (C=O) groups is 1. The molecule has 6 heteroatoms. The number of urea groups is 1. The Morgan fingerprint density at radius 1 is 1.35 bits per heavy atom. The van der Waals surface area contributed by atoms with E-state index in [0.29, 0.717) is 12.2 Å². The van der Waals surface area contributed by atoms with E-state index in [4.69, 9.17) is 0 Å². The number of rotatable bonds is 1. The van der Waals surface area contributed by atoms with Crippen LogP contribution in [0.2, 0.25) is 0 Å². The van der Waals surface area contributed by atoms with Crippen molar-refractivity contribution in [1.29, 1.82) is 0 Å². The number of hydrogen-bond donors (Lipinski definition) is 1. The van der Waals surface area contributed by atoms with Crippen LogP contribution in [0.1, 0.15) is 6.99 Å². The third-order valence-electron chi connectivity index (χ3n) is 4.14. The van der Waals surface area contributed by atoms with Gasteiger partial charge in [0.05, 0.1) is 11.9 Å². The van der Waals surface area contributed by atoms with Crippen LogP contribution in [-0.2, 0) is 13.5 Å². The minimum Gasteiger partial charge on any atom is -0.351 e. The second-order valence-corrected chi connectivity index (χ2v) is 5.54. The number of anilines is 2. The maximum absolute atomic E-state index is 12.5. The van der Waals surface area contributed by atoms with Crippen LogP contribution in [0, 0.1) is 0 Å². The third kappa shape index (κ3) is 2.64. The van der Waals surface area contributed by atoms with Gasteiger partial charge in [0.15, 0.2) is 0 Å². The molecule has 0 aliphatic carbocycles. The molecule has 0 saturated carbocycles. The molecule has 1 aliphatic heterocycles. The summed E-state index contributed by atoms with van der Waals surface area (Å²) in [6.45, 7) is 0.706. The number of nitrogens with one attached hydrogen (secondary N) is 1. The summed E-state index contributed by atoms with van der Waals surface area (Å²) in [6, 6.07) is 9.89. The molecular weight excluding hydrogens is 312 g/mol. The number of nitrogens with zero attached hydrogens (tertiary/aromatic N) is 3. The van der Waals surface area contributed by atoms with Gasteiger partial charge in [0.1, 0.15) is 0 Å². The lowest BCUT2D eigenvalue weighted by Crippen LogP contribution is -2.33. The van der Waals surface area contributed by atoms with Gasteiger partial charge in [-0.25, -0.2) is 4.79 Å². The first-order chi connectivity index (χ1) is 10.7. The van der Waals surface area contributed by atoms with Gasteiger partial charge >= 0.3 is 6.03 Å². The molecule has 0 unspecified atom stereocenters. The third-order valence-corrected chi connectivity index (χ3v) is 4.14. The molecule has 120 valence electrons. The van der Waals surface area contributed by atoms with Crippen molar-refractivity contribution in [2.24, 2.45) is 7.05 Å². The molecule has 0 atom stereocenters. The molecule has 3 heterocycles. The maximum Gasteiger partial charge on any atom is 0.326 e. The Kier molecular flexibility index (Phi) is 3.96. The topological polar surface area (TPSA) is 50.2 Å². The number of carbonyl (C=O) groups excluding carboxylic acids is 1. The molecule has 4 rings (SSSR count). The Bertz CT molecular complexity index is 866. The SMILES string of the molecule is Cl.Cn1ccc2cc3c(cc21)CCN3C(=O)Nc1cccnc1.[HH]. The molecule has 5 nitrogen and oxygen atoms in total. The van der Waals surface area contributed by atoms with E-state index >= 15 is 0 Å². The second-order valence-electron chi connectivity index (χ2n) is 5.54. The lowest BCUT2D eigenvalue weighted by Gasteiger charge is -2.18. The largest absolute Gasteiger partial charge is 0.351 e. The number of halogens is 1. The molecule has 0 radical (unpaired) electrons. The Balaban J connectivity index is 0.00000104. The summed E-state index contributed by atoms with van der Waals surface area (Å²) in [6.07, 6.45) is 6.26.